The van der Waals surface area contributed by atoms with Gasteiger partial charge in [-0.15, -0.1) is 10.2 Å². The summed E-state index contributed by atoms with van der Waals surface area (Å²) in [6.45, 7) is 0. The van der Waals surface area contributed by atoms with Gasteiger partial charge in [0.1, 0.15) is 0 Å². The molecule has 0 atom stereocenters. The van der Waals surface area contributed by atoms with Gasteiger partial charge in [-0.05, 0) is 52.9 Å². The highest BCUT2D eigenvalue weighted by atomic mass is 127. The molecule has 0 radical (unpaired) electrons. The van der Waals surface area contributed by atoms with E-state index >= 15 is 0 Å². The molecule has 0 saturated heterocycles. The number of nitrogens with one attached hydrogen (secondary N) is 1. The van der Waals surface area contributed by atoms with E-state index in [4.69, 9.17) is 0 Å². The zero-order valence-corrected chi connectivity index (χ0v) is 18.2. The summed E-state index contributed by atoms with van der Waals surface area (Å²) >= 11 is 3.65. The number of amidine groups is 1. The van der Waals surface area contributed by atoms with E-state index in [-0.39, 0.29) is 5.69 Å². The lowest BCUT2D eigenvalue weighted by Gasteiger charge is -2.03. The minimum Gasteiger partial charge on any atom is -0.276 e. The number of para-hydroxylation sites is 1. The number of hydrogen-bond donors (Lipinski definition) is 1. The quantitative estimate of drug-likeness (QED) is 0.0812. The summed E-state index contributed by atoms with van der Waals surface area (Å²) in [7, 11) is 0. The first-order valence-corrected chi connectivity index (χ1v) is 10.6. The van der Waals surface area contributed by atoms with Gasteiger partial charge in [0.05, 0.1) is 20.8 Å². The number of nitro benzene ring substituents is 1. The maximum atomic E-state index is 11.0. The molecule has 0 aliphatic carbocycles. The van der Waals surface area contributed by atoms with Gasteiger partial charge in [0.25, 0.3) is 5.69 Å². The van der Waals surface area contributed by atoms with Gasteiger partial charge in [0, 0.05) is 21.3 Å². The lowest BCUT2D eigenvalue weighted by molar-refractivity contribution is -0.384. The fourth-order valence-corrected chi connectivity index (χ4v) is 3.69. The molecule has 148 valence electrons. The Morgan fingerprint density at radius 1 is 1.07 bits per heavy atom. The molecular weight excluding hydrogens is 515 g/mol. The van der Waals surface area contributed by atoms with E-state index in [1.165, 1.54) is 23.5 Å². The zero-order valence-electron chi connectivity index (χ0n) is 15.3. The smallest absolute Gasteiger partial charge is 0.271 e. The summed E-state index contributed by atoms with van der Waals surface area (Å²) in [5.41, 5.74) is 4.88. The van der Waals surface area contributed by atoms with Crippen LogP contribution in [0.5, 0.6) is 0 Å². The summed E-state index contributed by atoms with van der Waals surface area (Å²) < 4.78 is 2.10. The Hall–Kier alpha value is -3.25. The molecule has 4 rings (SSSR count). The maximum absolute atomic E-state index is 11.0. The van der Waals surface area contributed by atoms with E-state index in [1.807, 2.05) is 48.5 Å². The number of rotatable bonds is 5. The second kappa shape index (κ2) is 9.05. The topological polar surface area (TPSA) is 105 Å². The number of halogens is 1. The van der Waals surface area contributed by atoms with Crippen molar-refractivity contribution in [3.05, 3.63) is 92.0 Å². The van der Waals surface area contributed by atoms with Crippen LogP contribution >= 0.6 is 33.9 Å². The van der Waals surface area contributed by atoms with E-state index in [0.717, 1.165) is 19.4 Å². The maximum Gasteiger partial charge on any atom is 0.271 e. The standard InChI is InChI=1S/C20H13IN6O2S/c21-14-10-8-13(9-11-14)19(24-23-15-4-3-5-16(12-15)27(28)29)25-26-20-22-17-6-1-2-7-18(17)30-20/h1-12,23H. The Morgan fingerprint density at radius 3 is 2.63 bits per heavy atom. The third-order valence-electron chi connectivity index (χ3n) is 3.96. The summed E-state index contributed by atoms with van der Waals surface area (Å²) in [6.07, 6.45) is 0. The molecule has 0 fully saturated rings. The van der Waals surface area contributed by atoms with Crippen LogP contribution in [-0.4, -0.2) is 15.7 Å². The number of benzene rings is 3. The van der Waals surface area contributed by atoms with Crippen molar-refractivity contribution in [1.29, 1.82) is 0 Å². The van der Waals surface area contributed by atoms with Crippen LogP contribution in [0.2, 0.25) is 0 Å². The van der Waals surface area contributed by atoms with Gasteiger partial charge in [-0.1, -0.05) is 41.7 Å². The SMILES string of the molecule is O=[N+]([O-])c1cccc(NN=C(N=Nc2nc3ccccc3s2)c2ccc(I)cc2)c1. The van der Waals surface area contributed by atoms with Crippen LogP contribution in [0.25, 0.3) is 10.2 Å². The molecule has 1 N–H and O–H groups in total. The second-order valence-corrected chi connectivity index (χ2v) is 8.28. The highest BCUT2D eigenvalue weighted by molar-refractivity contribution is 14.1. The number of nitrogens with zero attached hydrogens (tertiary/aromatic N) is 5. The van der Waals surface area contributed by atoms with Gasteiger partial charge in [-0.3, -0.25) is 15.5 Å². The number of fused-ring (bicyclic) bond motifs is 1. The average Bonchev–Trinajstić information content (AvgIpc) is 3.18. The van der Waals surface area contributed by atoms with Crippen LogP contribution in [0.4, 0.5) is 16.5 Å². The second-order valence-electron chi connectivity index (χ2n) is 6.03. The lowest BCUT2D eigenvalue weighted by atomic mass is 10.2. The molecule has 30 heavy (non-hydrogen) atoms. The van der Waals surface area contributed by atoms with Gasteiger partial charge < -0.3 is 0 Å². The molecule has 4 aromatic rings. The Bertz CT molecular complexity index is 1240. The van der Waals surface area contributed by atoms with Crippen LogP contribution < -0.4 is 5.43 Å². The van der Waals surface area contributed by atoms with Crippen molar-refractivity contribution in [3.8, 4) is 0 Å². The molecule has 0 aliphatic rings. The number of hydrazone groups is 1. The highest BCUT2D eigenvalue weighted by Gasteiger charge is 2.08. The summed E-state index contributed by atoms with van der Waals surface area (Å²) in [6, 6.07) is 21.5. The minimum absolute atomic E-state index is 0.0258. The fourth-order valence-electron chi connectivity index (χ4n) is 2.54. The molecule has 0 unspecified atom stereocenters. The largest absolute Gasteiger partial charge is 0.276 e. The third kappa shape index (κ3) is 4.83. The van der Waals surface area contributed by atoms with Crippen molar-refractivity contribution in [2.45, 2.75) is 0 Å². The summed E-state index contributed by atoms with van der Waals surface area (Å²) in [4.78, 5) is 15.0. The molecule has 0 bridgehead atoms. The number of azo groups is 1. The van der Waals surface area contributed by atoms with Crippen LogP contribution in [0.15, 0.2) is 88.1 Å². The first kappa shape index (κ1) is 20.0. The van der Waals surface area contributed by atoms with E-state index in [1.54, 1.807) is 12.1 Å². The van der Waals surface area contributed by atoms with Crippen LogP contribution in [-0.2, 0) is 0 Å². The molecule has 8 nitrogen and oxygen atoms in total. The number of aromatic nitrogens is 1. The van der Waals surface area contributed by atoms with Gasteiger partial charge >= 0.3 is 0 Å². The van der Waals surface area contributed by atoms with Gasteiger partial charge in [-0.2, -0.15) is 5.10 Å². The van der Waals surface area contributed by atoms with E-state index in [9.17, 15) is 10.1 Å². The molecule has 3 aromatic carbocycles. The number of hydrogen-bond acceptors (Lipinski definition) is 7. The average molecular weight is 528 g/mol. The third-order valence-corrected chi connectivity index (χ3v) is 5.60. The number of thiazole rings is 1. The lowest BCUT2D eigenvalue weighted by Crippen LogP contribution is -2.01. The Balaban J connectivity index is 1.65. The van der Waals surface area contributed by atoms with Crippen LogP contribution in [0, 0.1) is 13.7 Å². The van der Waals surface area contributed by atoms with E-state index in [2.05, 4.69) is 48.3 Å². The van der Waals surface area contributed by atoms with Crippen molar-refractivity contribution in [3.63, 3.8) is 0 Å². The minimum atomic E-state index is -0.457. The number of nitro groups is 1. The predicted molar refractivity (Wildman–Crippen MR) is 127 cm³/mol. The Labute approximate surface area is 188 Å². The Kier molecular flexibility index (Phi) is 6.05. The fraction of sp³-hybridized carbons (Fsp3) is 0. The summed E-state index contributed by atoms with van der Waals surface area (Å²) in [5.74, 6) is 0.331. The molecule has 0 saturated carbocycles. The van der Waals surface area contributed by atoms with Crippen LogP contribution in [0.3, 0.4) is 0 Å². The van der Waals surface area contributed by atoms with E-state index < -0.39 is 4.92 Å². The molecule has 1 aromatic heterocycles. The predicted octanol–water partition coefficient (Wildman–Crippen LogP) is 6.37. The monoisotopic (exact) mass is 528 g/mol. The van der Waals surface area contributed by atoms with Crippen molar-refractivity contribution in [2.24, 2.45) is 15.3 Å². The first-order chi connectivity index (χ1) is 14.6. The zero-order chi connectivity index (χ0) is 20.9. The van der Waals surface area contributed by atoms with Crippen LogP contribution in [0.1, 0.15) is 5.56 Å². The molecule has 1 heterocycles. The van der Waals surface area contributed by atoms with Crippen molar-refractivity contribution >= 4 is 66.5 Å². The van der Waals surface area contributed by atoms with Crippen molar-refractivity contribution in [1.82, 2.24) is 4.98 Å². The first-order valence-electron chi connectivity index (χ1n) is 8.70. The van der Waals surface area contributed by atoms with Gasteiger partial charge in [0.2, 0.25) is 11.0 Å². The molecule has 0 aliphatic heterocycles. The normalized spacial score (nSPS) is 11.8. The van der Waals surface area contributed by atoms with Crippen molar-refractivity contribution in [2.75, 3.05) is 5.43 Å². The van der Waals surface area contributed by atoms with Gasteiger partial charge in [0.15, 0.2) is 0 Å². The molecule has 0 spiro atoms. The number of anilines is 1. The van der Waals surface area contributed by atoms with Crippen molar-refractivity contribution < 1.29 is 4.92 Å². The highest BCUT2D eigenvalue weighted by Crippen LogP contribution is 2.28. The van der Waals surface area contributed by atoms with Gasteiger partial charge in [-0.25, -0.2) is 4.98 Å². The molecule has 10 heteroatoms. The summed E-state index contributed by atoms with van der Waals surface area (Å²) in [5, 5.41) is 24.4. The molecular formula is C20H13IN6O2S. The molecule has 0 amide bonds. The Morgan fingerprint density at radius 2 is 1.87 bits per heavy atom. The van der Waals surface area contributed by atoms with E-state index in [0.29, 0.717) is 16.7 Å². The number of non-ortho nitro benzene ring substituents is 1.